The van der Waals surface area contributed by atoms with Gasteiger partial charge in [-0.3, -0.25) is 14.5 Å². The van der Waals surface area contributed by atoms with Gasteiger partial charge in [-0.25, -0.2) is 4.79 Å². The number of benzene rings is 4. The van der Waals surface area contributed by atoms with E-state index in [0.29, 0.717) is 28.5 Å². The van der Waals surface area contributed by atoms with Gasteiger partial charge in [0.15, 0.2) is 11.5 Å². The van der Waals surface area contributed by atoms with Gasteiger partial charge in [0.05, 0.1) is 7.11 Å². The highest BCUT2D eigenvalue weighted by Crippen LogP contribution is 2.32. The summed E-state index contributed by atoms with van der Waals surface area (Å²) in [5.41, 5.74) is -0.112. The van der Waals surface area contributed by atoms with Crippen LogP contribution in [0.15, 0.2) is 91.0 Å². The maximum absolute atomic E-state index is 13.3. The van der Waals surface area contributed by atoms with E-state index in [1.165, 1.54) is 0 Å². The van der Waals surface area contributed by atoms with Gasteiger partial charge >= 0.3 is 6.03 Å². The van der Waals surface area contributed by atoms with E-state index in [0.717, 1.165) is 15.7 Å². The van der Waals surface area contributed by atoms with Crippen LogP contribution in [0.2, 0.25) is 0 Å². The van der Waals surface area contributed by atoms with E-state index < -0.39 is 29.9 Å². The van der Waals surface area contributed by atoms with Crippen LogP contribution >= 0.6 is 0 Å². The van der Waals surface area contributed by atoms with Crippen molar-refractivity contribution in [3.63, 3.8) is 0 Å². The standard InChI is InChI=1S/C29H25N3O5/c1-29(21-12-11-19-7-3-4-8-20(19)17-21)27(34)32(28(35)31-29)18-26(33)30-22-13-15-23(16-14-22)37-25-10-6-5-9-24(25)36-2/h3-17H,18H2,1-2H3,(H,30,33)(H,31,35). The monoisotopic (exact) mass is 495 g/mol. The van der Waals surface area contributed by atoms with Crippen LogP contribution in [-0.2, 0) is 15.1 Å². The molecule has 1 saturated heterocycles. The summed E-state index contributed by atoms with van der Waals surface area (Å²) < 4.78 is 11.1. The molecule has 1 heterocycles. The summed E-state index contributed by atoms with van der Waals surface area (Å²) in [6.45, 7) is 1.24. The number of nitrogens with one attached hydrogen (secondary N) is 2. The third kappa shape index (κ3) is 4.69. The summed E-state index contributed by atoms with van der Waals surface area (Å²) in [6.07, 6.45) is 0. The molecule has 8 heteroatoms. The number of para-hydroxylation sites is 2. The first-order valence-electron chi connectivity index (χ1n) is 11.7. The van der Waals surface area contributed by atoms with E-state index in [2.05, 4.69) is 10.6 Å². The molecule has 37 heavy (non-hydrogen) atoms. The molecular weight excluding hydrogens is 470 g/mol. The number of amides is 4. The number of ether oxygens (including phenoxy) is 2. The topological polar surface area (TPSA) is 97.0 Å². The molecule has 0 aromatic heterocycles. The average molecular weight is 496 g/mol. The van der Waals surface area contributed by atoms with Crippen LogP contribution in [0.25, 0.3) is 10.8 Å². The van der Waals surface area contributed by atoms with E-state index in [-0.39, 0.29) is 0 Å². The van der Waals surface area contributed by atoms with Crippen molar-refractivity contribution in [2.45, 2.75) is 12.5 Å². The van der Waals surface area contributed by atoms with Crippen molar-refractivity contribution >= 4 is 34.3 Å². The number of carbonyl (C=O) groups is 3. The Kier molecular flexibility index (Phi) is 6.23. The molecule has 0 radical (unpaired) electrons. The minimum atomic E-state index is -1.27. The molecule has 2 N–H and O–H groups in total. The number of anilines is 1. The van der Waals surface area contributed by atoms with E-state index in [9.17, 15) is 14.4 Å². The van der Waals surface area contributed by atoms with Gasteiger partial charge in [-0.2, -0.15) is 0 Å². The van der Waals surface area contributed by atoms with Crippen molar-refractivity contribution < 1.29 is 23.9 Å². The van der Waals surface area contributed by atoms with Crippen molar-refractivity contribution in [2.24, 2.45) is 0 Å². The fraction of sp³-hybridized carbons (Fsp3) is 0.138. The number of hydrogen-bond donors (Lipinski definition) is 2. The van der Waals surface area contributed by atoms with Crippen molar-refractivity contribution in [2.75, 3.05) is 19.0 Å². The lowest BCUT2D eigenvalue weighted by atomic mass is 9.90. The molecule has 0 aliphatic carbocycles. The quantitative estimate of drug-likeness (QED) is 0.350. The molecule has 0 spiro atoms. The fourth-order valence-corrected chi connectivity index (χ4v) is 4.32. The van der Waals surface area contributed by atoms with Crippen molar-refractivity contribution in [3.8, 4) is 17.2 Å². The SMILES string of the molecule is COc1ccccc1Oc1ccc(NC(=O)CN2C(=O)NC(C)(c3ccc4ccccc4c3)C2=O)cc1. The molecule has 5 rings (SSSR count). The fourth-order valence-electron chi connectivity index (χ4n) is 4.32. The Morgan fingerprint density at radius 1 is 0.892 bits per heavy atom. The normalized spacial score (nSPS) is 17.0. The Labute approximate surface area is 213 Å². The Bertz CT molecular complexity index is 1500. The van der Waals surface area contributed by atoms with Crippen LogP contribution in [0.5, 0.6) is 17.2 Å². The number of carbonyl (C=O) groups excluding carboxylic acids is 3. The Morgan fingerprint density at radius 3 is 2.30 bits per heavy atom. The zero-order valence-corrected chi connectivity index (χ0v) is 20.4. The Balaban J connectivity index is 1.24. The van der Waals surface area contributed by atoms with E-state index >= 15 is 0 Å². The average Bonchev–Trinajstić information content (AvgIpc) is 3.13. The maximum atomic E-state index is 13.3. The van der Waals surface area contributed by atoms with Gasteiger partial charge in [0.25, 0.3) is 5.91 Å². The van der Waals surface area contributed by atoms with Crippen LogP contribution < -0.4 is 20.1 Å². The summed E-state index contributed by atoms with van der Waals surface area (Å²) in [7, 11) is 1.57. The van der Waals surface area contributed by atoms with Gasteiger partial charge in [0.2, 0.25) is 5.91 Å². The van der Waals surface area contributed by atoms with Crippen molar-refractivity contribution in [3.05, 3.63) is 96.6 Å². The molecule has 1 unspecified atom stereocenters. The molecule has 8 nitrogen and oxygen atoms in total. The number of imide groups is 1. The highest BCUT2D eigenvalue weighted by Gasteiger charge is 2.49. The molecule has 4 aromatic carbocycles. The zero-order valence-electron chi connectivity index (χ0n) is 20.4. The van der Waals surface area contributed by atoms with E-state index in [1.54, 1.807) is 50.4 Å². The maximum Gasteiger partial charge on any atom is 0.325 e. The smallest absolute Gasteiger partial charge is 0.325 e. The zero-order chi connectivity index (χ0) is 26.0. The number of hydrogen-bond acceptors (Lipinski definition) is 5. The van der Waals surface area contributed by atoms with Gasteiger partial charge in [0, 0.05) is 5.69 Å². The summed E-state index contributed by atoms with van der Waals surface area (Å²) in [5.74, 6) is 0.745. The van der Waals surface area contributed by atoms with Gasteiger partial charge < -0.3 is 20.1 Å². The highest BCUT2D eigenvalue weighted by molar-refractivity contribution is 6.10. The van der Waals surface area contributed by atoms with Crippen LogP contribution in [0.1, 0.15) is 12.5 Å². The predicted octanol–water partition coefficient (Wildman–Crippen LogP) is 5.05. The predicted molar refractivity (Wildman–Crippen MR) is 140 cm³/mol. The molecule has 0 saturated carbocycles. The first-order valence-corrected chi connectivity index (χ1v) is 11.7. The minimum absolute atomic E-state index is 0.409. The van der Waals surface area contributed by atoms with Crippen molar-refractivity contribution in [1.82, 2.24) is 10.2 Å². The molecule has 1 atom stereocenters. The van der Waals surface area contributed by atoms with E-state index in [1.807, 2.05) is 54.6 Å². The van der Waals surface area contributed by atoms with Gasteiger partial charge in [0.1, 0.15) is 17.8 Å². The van der Waals surface area contributed by atoms with Gasteiger partial charge in [-0.15, -0.1) is 0 Å². The molecule has 1 aliphatic rings. The lowest BCUT2D eigenvalue weighted by molar-refractivity contribution is -0.133. The molecule has 0 bridgehead atoms. The molecule has 4 aromatic rings. The van der Waals surface area contributed by atoms with Crippen molar-refractivity contribution in [1.29, 1.82) is 0 Å². The molecular formula is C29H25N3O5. The van der Waals surface area contributed by atoms with Crippen LogP contribution in [0.4, 0.5) is 10.5 Å². The van der Waals surface area contributed by atoms with Gasteiger partial charge in [-0.1, -0.05) is 48.5 Å². The molecule has 1 fully saturated rings. The van der Waals surface area contributed by atoms with Crippen LogP contribution in [0.3, 0.4) is 0 Å². The Hall–Kier alpha value is -4.85. The second kappa shape index (κ2) is 9.66. The molecule has 186 valence electrons. The number of methoxy groups -OCH3 is 1. The number of fused-ring (bicyclic) bond motifs is 1. The summed E-state index contributed by atoms with van der Waals surface area (Å²) in [4.78, 5) is 39.6. The minimum Gasteiger partial charge on any atom is -0.493 e. The largest absolute Gasteiger partial charge is 0.493 e. The lowest BCUT2D eigenvalue weighted by Crippen LogP contribution is -2.42. The van der Waals surface area contributed by atoms with Gasteiger partial charge in [-0.05, 0) is 65.7 Å². The second-order valence-electron chi connectivity index (χ2n) is 8.83. The summed E-state index contributed by atoms with van der Waals surface area (Å²) in [6, 6.07) is 26.8. The summed E-state index contributed by atoms with van der Waals surface area (Å²) in [5, 5.41) is 7.46. The number of nitrogens with zero attached hydrogens (tertiary/aromatic N) is 1. The molecule has 1 aliphatic heterocycles. The third-order valence-electron chi connectivity index (χ3n) is 6.34. The first-order chi connectivity index (χ1) is 17.9. The summed E-state index contributed by atoms with van der Waals surface area (Å²) >= 11 is 0. The number of rotatable bonds is 7. The first kappa shape index (κ1) is 23.9. The van der Waals surface area contributed by atoms with Crippen LogP contribution in [-0.4, -0.2) is 36.4 Å². The number of urea groups is 1. The second-order valence-corrected chi connectivity index (χ2v) is 8.83. The van der Waals surface area contributed by atoms with E-state index in [4.69, 9.17) is 9.47 Å². The Morgan fingerprint density at radius 2 is 1.57 bits per heavy atom. The highest BCUT2D eigenvalue weighted by atomic mass is 16.5. The molecule has 4 amide bonds. The van der Waals surface area contributed by atoms with Crippen LogP contribution in [0, 0.1) is 0 Å². The lowest BCUT2D eigenvalue weighted by Gasteiger charge is -2.22. The third-order valence-corrected chi connectivity index (χ3v) is 6.34.